The fourth-order valence-electron chi connectivity index (χ4n) is 1.71. The van der Waals surface area contributed by atoms with Gasteiger partial charge in [-0.15, -0.1) is 11.3 Å². The maximum absolute atomic E-state index is 12.1. The summed E-state index contributed by atoms with van der Waals surface area (Å²) in [7, 11) is 0. The number of hydrogen-bond donors (Lipinski definition) is 2. The lowest BCUT2D eigenvalue weighted by atomic mass is 10.1. The van der Waals surface area contributed by atoms with E-state index >= 15 is 0 Å². The van der Waals surface area contributed by atoms with Crippen molar-refractivity contribution in [2.24, 2.45) is 0 Å². The van der Waals surface area contributed by atoms with Crippen LogP contribution in [0.15, 0.2) is 9.90 Å². The zero-order valence-electron chi connectivity index (χ0n) is 11.0. The van der Waals surface area contributed by atoms with Gasteiger partial charge in [-0.05, 0) is 13.3 Å². The largest absolute Gasteiger partial charge is 0.481 e. The first-order valence-electron chi connectivity index (χ1n) is 5.94. The number of aromatic nitrogens is 2. The van der Waals surface area contributed by atoms with E-state index in [0.29, 0.717) is 34.3 Å². The van der Waals surface area contributed by atoms with Gasteiger partial charge in [0, 0.05) is 5.38 Å². The molecule has 2 aromatic heterocycles. The average Bonchev–Trinajstić information content (AvgIpc) is 2.95. The zero-order chi connectivity index (χ0) is 14.7. The van der Waals surface area contributed by atoms with Crippen molar-refractivity contribution in [3.63, 3.8) is 0 Å². The molecule has 2 heterocycles. The smallest absolute Gasteiger partial charge is 0.309 e. The van der Waals surface area contributed by atoms with E-state index in [9.17, 15) is 9.59 Å². The molecule has 0 aromatic carbocycles. The van der Waals surface area contributed by atoms with Gasteiger partial charge in [0.15, 0.2) is 5.13 Å². The molecule has 0 aliphatic heterocycles. The molecule has 0 bridgehead atoms. The van der Waals surface area contributed by atoms with Crippen LogP contribution < -0.4 is 5.32 Å². The first-order chi connectivity index (χ1) is 9.51. The third-order valence-corrected chi connectivity index (χ3v) is 3.41. The van der Waals surface area contributed by atoms with Gasteiger partial charge in [-0.3, -0.25) is 14.9 Å². The van der Waals surface area contributed by atoms with Gasteiger partial charge >= 0.3 is 5.97 Å². The maximum atomic E-state index is 12.1. The van der Waals surface area contributed by atoms with Gasteiger partial charge in [-0.1, -0.05) is 12.1 Å². The second kappa shape index (κ2) is 5.83. The predicted molar refractivity (Wildman–Crippen MR) is 72.0 cm³/mol. The van der Waals surface area contributed by atoms with Gasteiger partial charge in [-0.2, -0.15) is 0 Å². The summed E-state index contributed by atoms with van der Waals surface area (Å²) in [4.78, 5) is 26.8. The summed E-state index contributed by atoms with van der Waals surface area (Å²) in [6, 6.07) is 0. The monoisotopic (exact) mass is 295 g/mol. The Morgan fingerprint density at radius 3 is 2.90 bits per heavy atom. The van der Waals surface area contributed by atoms with Crippen molar-refractivity contribution in [1.29, 1.82) is 0 Å². The highest BCUT2D eigenvalue weighted by Gasteiger charge is 2.20. The Morgan fingerprint density at radius 1 is 1.50 bits per heavy atom. The molecule has 2 aromatic rings. The molecule has 0 saturated carbocycles. The Kier molecular flexibility index (Phi) is 4.14. The quantitative estimate of drug-likeness (QED) is 0.872. The van der Waals surface area contributed by atoms with Crippen LogP contribution in [-0.2, 0) is 17.6 Å². The Balaban J connectivity index is 2.13. The number of thiazole rings is 1. The Morgan fingerprint density at radius 2 is 2.25 bits per heavy atom. The van der Waals surface area contributed by atoms with Crippen LogP contribution in [0.2, 0.25) is 0 Å². The van der Waals surface area contributed by atoms with E-state index in [1.807, 2.05) is 6.92 Å². The lowest BCUT2D eigenvalue weighted by Gasteiger charge is -2.01. The number of anilines is 1. The van der Waals surface area contributed by atoms with Crippen LogP contribution in [-0.4, -0.2) is 27.1 Å². The SMILES string of the molecule is CCc1noc(C)c1C(=O)Nc1nc(CC(=O)O)cs1. The molecule has 0 radical (unpaired) electrons. The van der Waals surface area contributed by atoms with Gasteiger partial charge in [0.05, 0.1) is 17.8 Å². The summed E-state index contributed by atoms with van der Waals surface area (Å²) in [6.07, 6.45) is 0.418. The standard InChI is InChI=1S/C12H13N3O4S/c1-3-8-10(6(2)19-15-8)11(18)14-12-13-7(5-20-12)4-9(16)17/h5H,3-4H2,1-2H3,(H,16,17)(H,13,14,18). The number of rotatable bonds is 5. The molecule has 0 spiro atoms. The van der Waals surface area contributed by atoms with Crippen LogP contribution in [0.5, 0.6) is 0 Å². The summed E-state index contributed by atoms with van der Waals surface area (Å²) in [5, 5.41) is 17.1. The summed E-state index contributed by atoms with van der Waals surface area (Å²) in [5.74, 6) is -0.866. The molecule has 0 aliphatic carbocycles. The van der Waals surface area contributed by atoms with Crippen LogP contribution in [0.4, 0.5) is 5.13 Å². The maximum Gasteiger partial charge on any atom is 0.309 e. The van der Waals surface area contributed by atoms with Crippen molar-refractivity contribution < 1.29 is 19.2 Å². The third-order valence-electron chi connectivity index (χ3n) is 2.60. The first kappa shape index (κ1) is 14.2. The van der Waals surface area contributed by atoms with Crippen molar-refractivity contribution in [1.82, 2.24) is 10.1 Å². The molecule has 0 unspecified atom stereocenters. The van der Waals surface area contributed by atoms with Crippen molar-refractivity contribution in [2.75, 3.05) is 5.32 Å². The number of carbonyl (C=O) groups excluding carboxylic acids is 1. The summed E-state index contributed by atoms with van der Waals surface area (Å²) < 4.78 is 5.00. The van der Waals surface area contributed by atoms with Crippen LogP contribution in [0.25, 0.3) is 0 Å². The van der Waals surface area contributed by atoms with E-state index in [1.54, 1.807) is 12.3 Å². The lowest BCUT2D eigenvalue weighted by Crippen LogP contribution is -2.14. The molecule has 2 N–H and O–H groups in total. The molecule has 0 aliphatic rings. The second-order valence-electron chi connectivity index (χ2n) is 4.08. The van der Waals surface area contributed by atoms with Crippen LogP contribution in [0.1, 0.15) is 34.4 Å². The molecule has 7 nitrogen and oxygen atoms in total. The van der Waals surface area contributed by atoms with E-state index in [4.69, 9.17) is 9.63 Å². The van der Waals surface area contributed by atoms with E-state index in [0.717, 1.165) is 0 Å². The molecule has 8 heteroatoms. The zero-order valence-corrected chi connectivity index (χ0v) is 11.8. The number of carboxylic acids is 1. The molecular weight excluding hydrogens is 282 g/mol. The Labute approximate surface area is 118 Å². The predicted octanol–water partition coefficient (Wildman–Crippen LogP) is 1.88. The molecule has 0 atom stereocenters. The molecule has 1 amide bonds. The minimum atomic E-state index is -0.962. The molecule has 20 heavy (non-hydrogen) atoms. The summed E-state index contributed by atoms with van der Waals surface area (Å²) in [6.45, 7) is 3.54. The molecule has 0 saturated heterocycles. The van der Waals surface area contributed by atoms with Gasteiger partial charge < -0.3 is 9.63 Å². The number of nitrogens with one attached hydrogen (secondary N) is 1. The van der Waals surface area contributed by atoms with Crippen LogP contribution >= 0.6 is 11.3 Å². The van der Waals surface area contributed by atoms with Gasteiger partial charge in [0.1, 0.15) is 11.3 Å². The molecule has 2 rings (SSSR count). The lowest BCUT2D eigenvalue weighted by molar-refractivity contribution is -0.136. The number of carboxylic acid groups (broad SMARTS) is 1. The van der Waals surface area contributed by atoms with Crippen molar-refractivity contribution in [2.45, 2.75) is 26.7 Å². The number of hydrogen-bond acceptors (Lipinski definition) is 6. The van der Waals surface area contributed by atoms with Crippen LogP contribution in [0, 0.1) is 6.92 Å². The second-order valence-corrected chi connectivity index (χ2v) is 4.94. The number of carbonyl (C=O) groups is 2. The summed E-state index contributed by atoms with van der Waals surface area (Å²) in [5.41, 5.74) is 1.40. The highest BCUT2D eigenvalue weighted by molar-refractivity contribution is 7.14. The van der Waals surface area contributed by atoms with E-state index < -0.39 is 5.97 Å². The average molecular weight is 295 g/mol. The Bertz CT molecular complexity index is 647. The minimum Gasteiger partial charge on any atom is -0.481 e. The van der Waals surface area contributed by atoms with Crippen molar-refractivity contribution in [3.05, 3.63) is 28.1 Å². The highest BCUT2D eigenvalue weighted by Crippen LogP contribution is 2.20. The Hall–Kier alpha value is -2.22. The van der Waals surface area contributed by atoms with Gasteiger partial charge in [0.25, 0.3) is 5.91 Å². The minimum absolute atomic E-state index is 0.168. The third kappa shape index (κ3) is 3.02. The summed E-state index contributed by atoms with van der Waals surface area (Å²) >= 11 is 1.18. The van der Waals surface area contributed by atoms with E-state index in [2.05, 4.69) is 15.5 Å². The topological polar surface area (TPSA) is 105 Å². The van der Waals surface area contributed by atoms with E-state index in [-0.39, 0.29) is 12.3 Å². The van der Waals surface area contributed by atoms with Crippen LogP contribution in [0.3, 0.4) is 0 Å². The number of aliphatic carboxylic acids is 1. The fraction of sp³-hybridized carbons (Fsp3) is 0.333. The number of amides is 1. The highest BCUT2D eigenvalue weighted by atomic mass is 32.1. The van der Waals surface area contributed by atoms with E-state index in [1.165, 1.54) is 11.3 Å². The molecular formula is C12H13N3O4S. The van der Waals surface area contributed by atoms with Gasteiger partial charge in [-0.25, -0.2) is 4.98 Å². The fourth-order valence-corrected chi connectivity index (χ4v) is 2.42. The van der Waals surface area contributed by atoms with Crippen molar-refractivity contribution >= 4 is 28.3 Å². The molecule has 106 valence electrons. The molecule has 0 fully saturated rings. The number of nitrogens with zero attached hydrogens (tertiary/aromatic N) is 2. The van der Waals surface area contributed by atoms with Crippen molar-refractivity contribution in [3.8, 4) is 0 Å². The first-order valence-corrected chi connectivity index (χ1v) is 6.82. The number of aryl methyl sites for hydroxylation is 2. The van der Waals surface area contributed by atoms with Gasteiger partial charge in [0.2, 0.25) is 0 Å². The normalized spacial score (nSPS) is 10.5.